The number of pyridine rings is 1. The van der Waals surface area contributed by atoms with Crippen LogP contribution in [0.5, 0.6) is 0 Å². The van der Waals surface area contributed by atoms with E-state index in [1.807, 2.05) is 13.0 Å². The Morgan fingerprint density at radius 1 is 1.53 bits per heavy atom. The number of carbonyl (C=O) groups is 1. The van der Waals surface area contributed by atoms with Crippen LogP contribution in [0.3, 0.4) is 0 Å². The normalized spacial score (nSPS) is 18.0. The largest absolute Gasteiger partial charge is 0.381 e. The van der Waals surface area contributed by atoms with Crippen LogP contribution in [0.2, 0.25) is 0 Å². The van der Waals surface area contributed by atoms with Crippen LogP contribution >= 0.6 is 0 Å². The highest BCUT2D eigenvalue weighted by molar-refractivity contribution is 5.92. The minimum absolute atomic E-state index is 0.123. The highest BCUT2D eigenvalue weighted by atomic mass is 16.5. The molecular weight excluding hydrogens is 242 g/mol. The molecule has 5 heteroatoms. The lowest BCUT2D eigenvalue weighted by atomic mass is 9.93. The molecule has 0 spiro atoms. The Balaban J connectivity index is 1.91. The van der Waals surface area contributed by atoms with Gasteiger partial charge in [0, 0.05) is 32.0 Å². The van der Waals surface area contributed by atoms with Gasteiger partial charge in [-0.15, -0.1) is 0 Å². The predicted octanol–water partition coefficient (Wildman–Crippen LogP) is 1.09. The molecule has 3 N–H and O–H groups in total. The lowest BCUT2D eigenvalue weighted by molar-refractivity contribution is 0.0537. The number of aromatic nitrogens is 1. The van der Waals surface area contributed by atoms with Crippen LogP contribution in [0.4, 0.5) is 0 Å². The van der Waals surface area contributed by atoms with Crippen LogP contribution < -0.4 is 11.1 Å². The second kappa shape index (κ2) is 6.63. The Labute approximate surface area is 113 Å². The Morgan fingerprint density at radius 2 is 2.26 bits per heavy atom. The van der Waals surface area contributed by atoms with Gasteiger partial charge in [0.2, 0.25) is 0 Å². The molecule has 0 saturated carbocycles. The summed E-state index contributed by atoms with van der Waals surface area (Å²) in [6, 6.07) is 3.70. The van der Waals surface area contributed by atoms with E-state index in [4.69, 9.17) is 10.5 Å². The molecule has 2 heterocycles. The van der Waals surface area contributed by atoms with Gasteiger partial charge in [-0.05, 0) is 37.3 Å². The molecule has 1 saturated heterocycles. The van der Waals surface area contributed by atoms with Crippen LogP contribution in [-0.2, 0) is 11.3 Å². The summed E-state index contributed by atoms with van der Waals surface area (Å²) in [6.07, 6.45) is 3.65. The van der Waals surface area contributed by atoms with Crippen LogP contribution in [0.1, 0.15) is 35.8 Å². The molecule has 1 aromatic rings. The van der Waals surface area contributed by atoms with E-state index < -0.39 is 0 Å². The third-order valence-corrected chi connectivity index (χ3v) is 3.62. The van der Waals surface area contributed by atoms with Gasteiger partial charge < -0.3 is 15.8 Å². The lowest BCUT2D eigenvalue weighted by Gasteiger charge is -2.28. The summed E-state index contributed by atoms with van der Waals surface area (Å²) in [6.45, 7) is 4.05. The summed E-state index contributed by atoms with van der Waals surface area (Å²) in [5, 5.41) is 3.02. The molecular formula is C14H21N3O2. The summed E-state index contributed by atoms with van der Waals surface area (Å²) in [7, 11) is 0. The number of hydrogen-bond donors (Lipinski definition) is 2. The van der Waals surface area contributed by atoms with E-state index in [1.54, 1.807) is 12.3 Å². The number of ether oxygens (including phenoxy) is 1. The van der Waals surface area contributed by atoms with Gasteiger partial charge in [0.05, 0.1) is 0 Å². The lowest BCUT2D eigenvalue weighted by Crippen LogP contribution is -2.40. The van der Waals surface area contributed by atoms with Crippen molar-refractivity contribution in [2.45, 2.75) is 32.4 Å². The summed E-state index contributed by atoms with van der Waals surface area (Å²) in [5.74, 6) is 0.364. The standard InChI is InChI=1S/C14H21N3O2/c1-10(12-4-6-19-7-5-12)17-14(18)13-3-2-11(8-15)9-16-13/h2-3,9-10,12H,4-8,15H2,1H3,(H,17,18). The predicted molar refractivity (Wildman–Crippen MR) is 72.6 cm³/mol. The average Bonchev–Trinajstić information content (AvgIpc) is 2.48. The van der Waals surface area contributed by atoms with Crippen LogP contribution in [0, 0.1) is 5.92 Å². The Bertz CT molecular complexity index is 413. The van der Waals surface area contributed by atoms with Gasteiger partial charge >= 0.3 is 0 Å². The molecule has 1 fully saturated rings. The van der Waals surface area contributed by atoms with E-state index in [0.717, 1.165) is 31.6 Å². The van der Waals surface area contributed by atoms with Crippen LogP contribution in [-0.4, -0.2) is 30.1 Å². The van der Waals surface area contributed by atoms with Gasteiger partial charge in [-0.1, -0.05) is 6.07 Å². The van der Waals surface area contributed by atoms with Gasteiger partial charge in [-0.25, -0.2) is 0 Å². The van der Waals surface area contributed by atoms with Crippen molar-refractivity contribution in [1.29, 1.82) is 0 Å². The maximum Gasteiger partial charge on any atom is 0.270 e. The molecule has 19 heavy (non-hydrogen) atoms. The van der Waals surface area contributed by atoms with Crippen molar-refractivity contribution in [3.8, 4) is 0 Å². The second-order valence-electron chi connectivity index (χ2n) is 4.97. The van der Waals surface area contributed by atoms with Crippen molar-refractivity contribution >= 4 is 5.91 Å². The van der Waals surface area contributed by atoms with Crippen molar-refractivity contribution in [2.24, 2.45) is 11.7 Å². The van der Waals surface area contributed by atoms with E-state index >= 15 is 0 Å². The smallest absolute Gasteiger partial charge is 0.270 e. The zero-order valence-electron chi connectivity index (χ0n) is 11.3. The summed E-state index contributed by atoms with van der Waals surface area (Å²) >= 11 is 0. The molecule has 0 aliphatic carbocycles. The van der Waals surface area contributed by atoms with Crippen LogP contribution in [0.15, 0.2) is 18.3 Å². The Kier molecular flexibility index (Phi) is 4.87. The number of nitrogens with two attached hydrogens (primary N) is 1. The fourth-order valence-corrected chi connectivity index (χ4v) is 2.29. The molecule has 1 unspecified atom stereocenters. The average molecular weight is 263 g/mol. The van der Waals surface area contributed by atoms with Gasteiger partial charge in [-0.3, -0.25) is 9.78 Å². The number of hydrogen-bond acceptors (Lipinski definition) is 4. The molecule has 1 atom stereocenters. The first kappa shape index (κ1) is 14.0. The van der Waals surface area contributed by atoms with Crippen molar-refractivity contribution < 1.29 is 9.53 Å². The quantitative estimate of drug-likeness (QED) is 0.852. The minimum Gasteiger partial charge on any atom is -0.381 e. The molecule has 2 rings (SSSR count). The second-order valence-corrected chi connectivity index (χ2v) is 4.97. The molecule has 104 valence electrons. The molecule has 0 bridgehead atoms. The van der Waals surface area contributed by atoms with Gasteiger partial charge in [0.15, 0.2) is 0 Å². The van der Waals surface area contributed by atoms with Crippen LogP contribution in [0.25, 0.3) is 0 Å². The summed E-state index contributed by atoms with van der Waals surface area (Å²) < 4.78 is 5.33. The molecule has 0 radical (unpaired) electrons. The zero-order chi connectivity index (χ0) is 13.7. The molecule has 1 aliphatic rings. The van der Waals surface area contributed by atoms with E-state index in [0.29, 0.717) is 18.2 Å². The number of amides is 1. The maximum absolute atomic E-state index is 12.1. The number of nitrogens with one attached hydrogen (secondary N) is 1. The molecule has 0 aromatic carbocycles. The third-order valence-electron chi connectivity index (χ3n) is 3.62. The SMILES string of the molecule is CC(NC(=O)c1ccc(CN)cn1)C1CCOCC1. The fraction of sp³-hybridized carbons (Fsp3) is 0.571. The summed E-state index contributed by atoms with van der Waals surface area (Å²) in [5.41, 5.74) is 6.87. The Morgan fingerprint density at radius 3 is 2.84 bits per heavy atom. The highest BCUT2D eigenvalue weighted by Gasteiger charge is 2.22. The zero-order valence-corrected chi connectivity index (χ0v) is 11.3. The highest BCUT2D eigenvalue weighted by Crippen LogP contribution is 2.18. The molecule has 1 aromatic heterocycles. The number of nitrogens with zero attached hydrogens (tertiary/aromatic N) is 1. The van der Waals surface area contributed by atoms with Gasteiger partial charge in [-0.2, -0.15) is 0 Å². The van der Waals surface area contributed by atoms with Crippen molar-refractivity contribution in [3.05, 3.63) is 29.6 Å². The molecule has 5 nitrogen and oxygen atoms in total. The van der Waals surface area contributed by atoms with E-state index in [1.165, 1.54) is 0 Å². The maximum atomic E-state index is 12.1. The van der Waals surface area contributed by atoms with E-state index in [-0.39, 0.29) is 11.9 Å². The number of carbonyl (C=O) groups excluding carboxylic acids is 1. The van der Waals surface area contributed by atoms with Gasteiger partial charge in [0.25, 0.3) is 5.91 Å². The van der Waals surface area contributed by atoms with Crippen molar-refractivity contribution in [1.82, 2.24) is 10.3 Å². The first-order valence-corrected chi connectivity index (χ1v) is 6.74. The first-order chi connectivity index (χ1) is 9.20. The monoisotopic (exact) mass is 263 g/mol. The fourth-order valence-electron chi connectivity index (χ4n) is 2.29. The van der Waals surface area contributed by atoms with Gasteiger partial charge in [0.1, 0.15) is 5.69 Å². The van der Waals surface area contributed by atoms with Crippen molar-refractivity contribution in [2.75, 3.05) is 13.2 Å². The van der Waals surface area contributed by atoms with Crippen molar-refractivity contribution in [3.63, 3.8) is 0 Å². The molecule has 1 amide bonds. The Hall–Kier alpha value is -1.46. The topological polar surface area (TPSA) is 77.2 Å². The summed E-state index contributed by atoms with van der Waals surface area (Å²) in [4.78, 5) is 16.2. The van der Waals surface area contributed by atoms with E-state index in [9.17, 15) is 4.79 Å². The molecule has 1 aliphatic heterocycles. The third kappa shape index (κ3) is 3.75. The minimum atomic E-state index is -0.123. The first-order valence-electron chi connectivity index (χ1n) is 6.74. The van der Waals surface area contributed by atoms with E-state index in [2.05, 4.69) is 10.3 Å². The number of rotatable bonds is 4.